The minimum atomic E-state index is -0.513. The van der Waals surface area contributed by atoms with Gasteiger partial charge in [-0.15, -0.1) is 0 Å². The number of likely N-dealkylation sites (N-methyl/N-ethyl adjacent to an activating group) is 1. The van der Waals surface area contributed by atoms with Gasteiger partial charge < -0.3 is 25.8 Å². The summed E-state index contributed by atoms with van der Waals surface area (Å²) in [6, 6.07) is 9.79. The van der Waals surface area contributed by atoms with E-state index in [1.165, 1.54) is 18.3 Å². The van der Waals surface area contributed by atoms with Crippen molar-refractivity contribution >= 4 is 34.7 Å². The van der Waals surface area contributed by atoms with E-state index in [1.807, 2.05) is 4.90 Å². The second kappa shape index (κ2) is 10.1. The van der Waals surface area contributed by atoms with E-state index in [-0.39, 0.29) is 29.1 Å². The molecule has 1 aromatic heterocycles. The van der Waals surface area contributed by atoms with Crippen molar-refractivity contribution in [1.29, 1.82) is 0 Å². The molecule has 0 atom stereocenters. The molecule has 2 heterocycles. The predicted molar refractivity (Wildman–Crippen MR) is 137 cm³/mol. The van der Waals surface area contributed by atoms with Crippen LogP contribution >= 0.6 is 0 Å². The smallest absolute Gasteiger partial charge is 0.261 e. The highest BCUT2D eigenvalue weighted by Gasteiger charge is 2.25. The fourth-order valence-electron chi connectivity index (χ4n) is 4.13. The summed E-state index contributed by atoms with van der Waals surface area (Å²) < 4.78 is 29.1. The van der Waals surface area contributed by atoms with E-state index in [0.29, 0.717) is 22.8 Å². The summed E-state index contributed by atoms with van der Waals surface area (Å²) in [7, 11) is 2.06. The first-order chi connectivity index (χ1) is 17.4. The number of hydrogen-bond donors (Lipinski definition) is 3. The normalized spacial score (nSPS) is 16.1. The number of amides is 1. The number of hydrogen-bond acceptors (Lipinski definition) is 7. The monoisotopic (exact) mass is 493 g/mol. The van der Waals surface area contributed by atoms with E-state index in [1.54, 1.807) is 31.2 Å². The Morgan fingerprint density at radius 2 is 1.83 bits per heavy atom. The van der Waals surface area contributed by atoms with Crippen LogP contribution in [0.2, 0.25) is 0 Å². The average Bonchev–Trinajstić information content (AvgIpc) is 3.67. The summed E-state index contributed by atoms with van der Waals surface area (Å²) in [5.41, 5.74) is 2.01. The van der Waals surface area contributed by atoms with Gasteiger partial charge in [0.25, 0.3) is 5.91 Å². The lowest BCUT2D eigenvalue weighted by Crippen LogP contribution is -2.44. The quantitative estimate of drug-likeness (QED) is 0.450. The van der Waals surface area contributed by atoms with Crippen LogP contribution in [0.25, 0.3) is 0 Å². The molecule has 2 fully saturated rings. The van der Waals surface area contributed by atoms with Crippen molar-refractivity contribution in [2.24, 2.45) is 0 Å². The zero-order valence-electron chi connectivity index (χ0n) is 20.3. The number of piperazine rings is 1. The average molecular weight is 494 g/mol. The van der Waals surface area contributed by atoms with Crippen LogP contribution < -0.4 is 20.9 Å². The van der Waals surface area contributed by atoms with Crippen LogP contribution in [0.4, 0.5) is 37.6 Å². The van der Waals surface area contributed by atoms with Crippen LogP contribution in [0.5, 0.6) is 0 Å². The predicted octanol–water partition coefficient (Wildman–Crippen LogP) is 4.39. The third kappa shape index (κ3) is 5.38. The molecule has 1 amide bonds. The van der Waals surface area contributed by atoms with E-state index in [0.717, 1.165) is 39.0 Å². The highest BCUT2D eigenvalue weighted by molar-refractivity contribution is 6.07. The Kier molecular flexibility index (Phi) is 6.69. The maximum atomic E-state index is 14.9. The van der Waals surface area contributed by atoms with Crippen molar-refractivity contribution in [2.75, 3.05) is 54.1 Å². The van der Waals surface area contributed by atoms with Crippen LogP contribution in [-0.2, 0) is 0 Å². The van der Waals surface area contributed by atoms with E-state index in [2.05, 4.69) is 37.9 Å². The highest BCUT2D eigenvalue weighted by Crippen LogP contribution is 2.29. The van der Waals surface area contributed by atoms with Gasteiger partial charge in [0.2, 0.25) is 5.95 Å². The summed E-state index contributed by atoms with van der Waals surface area (Å²) in [6.07, 6.45) is 3.33. The third-order valence-electron chi connectivity index (χ3n) is 6.46. The molecule has 3 aromatic rings. The van der Waals surface area contributed by atoms with Crippen molar-refractivity contribution < 1.29 is 13.6 Å². The zero-order chi connectivity index (χ0) is 25.2. The molecule has 5 rings (SSSR count). The number of halogens is 2. The molecule has 0 bridgehead atoms. The van der Waals surface area contributed by atoms with Gasteiger partial charge >= 0.3 is 0 Å². The number of carbonyl (C=O) groups is 1. The number of benzene rings is 2. The summed E-state index contributed by atoms with van der Waals surface area (Å²) in [6.45, 7) is 5.05. The molecule has 3 N–H and O–H groups in total. The maximum absolute atomic E-state index is 14.9. The van der Waals surface area contributed by atoms with Crippen LogP contribution in [0.3, 0.4) is 0 Å². The number of carbonyl (C=O) groups excluding carboxylic acids is 1. The van der Waals surface area contributed by atoms with Crippen LogP contribution in [0.15, 0.2) is 42.6 Å². The molecule has 1 saturated carbocycles. The Morgan fingerprint density at radius 3 is 2.53 bits per heavy atom. The molecular weight excluding hydrogens is 464 g/mol. The van der Waals surface area contributed by atoms with Gasteiger partial charge in [-0.2, -0.15) is 4.98 Å². The molecule has 1 aliphatic carbocycles. The van der Waals surface area contributed by atoms with Crippen molar-refractivity contribution in [3.63, 3.8) is 0 Å². The largest absolute Gasteiger partial charge is 0.367 e. The van der Waals surface area contributed by atoms with E-state index >= 15 is 0 Å². The van der Waals surface area contributed by atoms with E-state index in [4.69, 9.17) is 0 Å². The second-order valence-electron chi connectivity index (χ2n) is 9.34. The summed E-state index contributed by atoms with van der Waals surface area (Å²) >= 11 is 0. The van der Waals surface area contributed by atoms with E-state index in [9.17, 15) is 13.6 Å². The lowest BCUT2D eigenvalue weighted by Gasteiger charge is -2.34. The zero-order valence-corrected chi connectivity index (χ0v) is 20.3. The fraction of sp³-hybridized carbons (Fsp3) is 0.346. The molecule has 188 valence electrons. The molecule has 0 radical (unpaired) electrons. The third-order valence-corrected chi connectivity index (χ3v) is 6.46. The van der Waals surface area contributed by atoms with Gasteiger partial charge in [0.1, 0.15) is 23.0 Å². The fourth-order valence-corrected chi connectivity index (χ4v) is 4.13. The first kappa shape index (κ1) is 23.9. The molecule has 1 saturated heterocycles. The maximum Gasteiger partial charge on any atom is 0.261 e. The Labute approximate surface area is 208 Å². The van der Waals surface area contributed by atoms with Gasteiger partial charge in [0.05, 0.1) is 11.4 Å². The minimum absolute atomic E-state index is 0.123. The first-order valence-corrected chi connectivity index (χ1v) is 12.1. The van der Waals surface area contributed by atoms with Crippen molar-refractivity contribution in [2.45, 2.75) is 25.8 Å². The summed E-state index contributed by atoms with van der Waals surface area (Å²) in [4.78, 5) is 26.0. The molecule has 36 heavy (non-hydrogen) atoms. The molecule has 2 aliphatic rings. The number of aromatic nitrogens is 2. The first-order valence-electron chi connectivity index (χ1n) is 12.1. The van der Waals surface area contributed by atoms with Gasteiger partial charge in [-0.25, -0.2) is 13.8 Å². The second-order valence-corrected chi connectivity index (χ2v) is 9.34. The van der Waals surface area contributed by atoms with Crippen molar-refractivity contribution in [1.82, 2.24) is 14.9 Å². The standard InChI is InChI=1S/C26H29F2N7O/c1-16-4-3-5-20(27)23(16)32-25(36)19-15-29-26(33-24(19)30-17-6-7-17)31-18-8-9-22(21(28)14-18)35-12-10-34(2)11-13-35/h3-5,8-9,14-15,17H,6-7,10-13H2,1-2H3,(H,32,36)(H2,29,30,31,33). The topological polar surface area (TPSA) is 85.4 Å². The van der Waals surface area contributed by atoms with Crippen molar-refractivity contribution in [3.8, 4) is 0 Å². The minimum Gasteiger partial charge on any atom is -0.367 e. The van der Waals surface area contributed by atoms with Crippen LogP contribution in [0, 0.1) is 18.6 Å². The molecular formula is C26H29F2N7O. The van der Waals surface area contributed by atoms with Gasteiger partial charge in [-0.1, -0.05) is 12.1 Å². The van der Waals surface area contributed by atoms with Gasteiger partial charge in [0, 0.05) is 44.1 Å². The summed E-state index contributed by atoms with van der Waals surface area (Å²) in [5, 5.41) is 8.91. The number of nitrogens with one attached hydrogen (secondary N) is 3. The lowest BCUT2D eigenvalue weighted by atomic mass is 10.2. The van der Waals surface area contributed by atoms with Crippen LogP contribution in [0.1, 0.15) is 28.8 Å². The molecule has 10 heteroatoms. The van der Waals surface area contributed by atoms with Gasteiger partial charge in [-0.3, -0.25) is 4.79 Å². The Bertz CT molecular complexity index is 1250. The molecule has 8 nitrogen and oxygen atoms in total. The van der Waals surface area contributed by atoms with E-state index < -0.39 is 11.7 Å². The van der Waals surface area contributed by atoms with Gasteiger partial charge in [-0.05, 0) is 56.6 Å². The molecule has 0 spiro atoms. The Hall–Kier alpha value is -3.79. The van der Waals surface area contributed by atoms with Crippen molar-refractivity contribution in [3.05, 3.63) is 65.4 Å². The molecule has 2 aromatic carbocycles. The molecule has 0 unspecified atom stereocenters. The Balaban J connectivity index is 1.34. The highest BCUT2D eigenvalue weighted by atomic mass is 19.1. The molecule has 1 aliphatic heterocycles. The summed E-state index contributed by atoms with van der Waals surface area (Å²) in [5.74, 6) is -0.779. The number of para-hydroxylation sites is 1. The van der Waals surface area contributed by atoms with Gasteiger partial charge in [0.15, 0.2) is 0 Å². The number of rotatable bonds is 7. The van der Waals surface area contributed by atoms with Crippen LogP contribution in [-0.4, -0.2) is 60.0 Å². The number of anilines is 5. The number of aryl methyl sites for hydroxylation is 1. The SMILES string of the molecule is Cc1cccc(F)c1NC(=O)c1cnc(Nc2ccc(N3CCN(C)CC3)c(F)c2)nc1NC1CC1. The Morgan fingerprint density at radius 1 is 1.06 bits per heavy atom. The number of nitrogens with zero attached hydrogens (tertiary/aromatic N) is 4. The lowest BCUT2D eigenvalue weighted by molar-refractivity contribution is 0.102.